The van der Waals surface area contributed by atoms with Gasteiger partial charge in [-0.05, 0) is 29.8 Å². The summed E-state index contributed by atoms with van der Waals surface area (Å²) in [6.45, 7) is 1.87. The summed E-state index contributed by atoms with van der Waals surface area (Å²) in [4.78, 5) is 21.4. The molecule has 0 unspecified atom stereocenters. The van der Waals surface area contributed by atoms with Gasteiger partial charge in [0.1, 0.15) is 0 Å². The van der Waals surface area contributed by atoms with Gasteiger partial charge in [-0.2, -0.15) is 4.57 Å². The largest absolute Gasteiger partial charge is 0.293 e. The molecule has 1 heterocycles. The van der Waals surface area contributed by atoms with E-state index in [0.717, 1.165) is 11.3 Å². The Labute approximate surface area is 122 Å². The SMILES string of the molecule is CC(=O)C[n+]1ccccc1/C=C/c1ccc([N+](=O)[O-])cc1. The molecule has 0 aliphatic heterocycles. The van der Waals surface area contributed by atoms with Gasteiger partial charge in [0.15, 0.2) is 12.0 Å². The lowest BCUT2D eigenvalue weighted by Gasteiger charge is -1.98. The number of nitrogens with zero attached hydrogens (tertiary/aromatic N) is 2. The molecule has 1 aromatic heterocycles. The fraction of sp³-hybridized carbons (Fsp3) is 0.125. The van der Waals surface area contributed by atoms with Gasteiger partial charge in [0.25, 0.3) is 5.69 Å². The van der Waals surface area contributed by atoms with E-state index in [1.165, 1.54) is 12.1 Å². The normalized spacial score (nSPS) is 10.7. The Morgan fingerprint density at radius 3 is 2.52 bits per heavy atom. The first kappa shape index (κ1) is 14.6. The first-order chi connectivity index (χ1) is 10.1. The summed E-state index contributed by atoms with van der Waals surface area (Å²) in [5.41, 5.74) is 1.82. The Morgan fingerprint density at radius 1 is 1.19 bits per heavy atom. The second-order valence-electron chi connectivity index (χ2n) is 4.64. The molecule has 5 heteroatoms. The van der Waals surface area contributed by atoms with Crippen molar-refractivity contribution in [1.29, 1.82) is 0 Å². The van der Waals surface area contributed by atoms with Crippen molar-refractivity contribution >= 4 is 23.6 Å². The van der Waals surface area contributed by atoms with E-state index in [1.807, 2.05) is 41.1 Å². The first-order valence-corrected chi connectivity index (χ1v) is 6.47. The lowest BCUT2D eigenvalue weighted by Crippen LogP contribution is -2.39. The topological polar surface area (TPSA) is 64.1 Å². The number of hydrogen-bond donors (Lipinski definition) is 0. The van der Waals surface area contributed by atoms with Crippen LogP contribution >= 0.6 is 0 Å². The number of nitro benzene ring substituents is 1. The van der Waals surface area contributed by atoms with Crippen molar-refractivity contribution in [2.75, 3.05) is 0 Å². The summed E-state index contributed by atoms with van der Waals surface area (Å²) >= 11 is 0. The zero-order chi connectivity index (χ0) is 15.2. The average Bonchev–Trinajstić information content (AvgIpc) is 2.46. The monoisotopic (exact) mass is 283 g/mol. The van der Waals surface area contributed by atoms with E-state index < -0.39 is 4.92 Å². The molecular weight excluding hydrogens is 268 g/mol. The second-order valence-corrected chi connectivity index (χ2v) is 4.64. The lowest BCUT2D eigenvalue weighted by atomic mass is 10.2. The molecule has 0 amide bonds. The van der Waals surface area contributed by atoms with Crippen LogP contribution in [0.5, 0.6) is 0 Å². The number of aromatic nitrogens is 1. The standard InChI is InChI=1S/C16H15N2O3/c1-13(19)12-17-11-3-2-4-15(17)8-5-14-6-9-16(10-7-14)18(20)21/h2-11H,12H2,1H3/q+1/b8-5+. The van der Waals surface area contributed by atoms with Crippen molar-refractivity contribution in [3.8, 4) is 0 Å². The van der Waals surface area contributed by atoms with E-state index in [4.69, 9.17) is 0 Å². The van der Waals surface area contributed by atoms with Crippen LogP contribution in [0.4, 0.5) is 5.69 Å². The quantitative estimate of drug-likeness (QED) is 0.481. The van der Waals surface area contributed by atoms with E-state index in [0.29, 0.717) is 6.54 Å². The fourth-order valence-electron chi connectivity index (χ4n) is 1.91. The molecule has 0 aliphatic rings. The molecule has 21 heavy (non-hydrogen) atoms. The summed E-state index contributed by atoms with van der Waals surface area (Å²) in [6.07, 6.45) is 5.58. The zero-order valence-corrected chi connectivity index (χ0v) is 11.6. The number of carbonyl (C=O) groups excluding carboxylic acids is 1. The summed E-state index contributed by atoms with van der Waals surface area (Å²) < 4.78 is 1.85. The minimum atomic E-state index is -0.425. The van der Waals surface area contributed by atoms with Crippen molar-refractivity contribution in [3.63, 3.8) is 0 Å². The minimum Gasteiger partial charge on any atom is -0.293 e. The minimum absolute atomic E-state index is 0.0681. The third kappa shape index (κ3) is 4.07. The number of nitro groups is 1. The van der Waals surface area contributed by atoms with Gasteiger partial charge in [-0.15, -0.1) is 0 Å². The molecule has 0 atom stereocenters. The van der Waals surface area contributed by atoms with Crippen LogP contribution in [0.3, 0.4) is 0 Å². The van der Waals surface area contributed by atoms with Crippen molar-refractivity contribution < 1.29 is 14.3 Å². The predicted molar refractivity (Wildman–Crippen MR) is 79.3 cm³/mol. The number of Topliss-reactive ketones (excluding diaryl/α,β-unsaturated/α-hetero) is 1. The molecule has 0 radical (unpaired) electrons. The Balaban J connectivity index is 2.21. The highest BCUT2D eigenvalue weighted by Crippen LogP contribution is 2.13. The Bertz CT molecular complexity index is 691. The van der Waals surface area contributed by atoms with Crippen LogP contribution in [-0.4, -0.2) is 10.7 Å². The number of benzene rings is 1. The van der Waals surface area contributed by atoms with E-state index in [1.54, 1.807) is 19.1 Å². The maximum atomic E-state index is 11.2. The third-order valence-electron chi connectivity index (χ3n) is 2.92. The Kier molecular flexibility index (Phi) is 4.56. The highest BCUT2D eigenvalue weighted by molar-refractivity contribution is 5.74. The van der Waals surface area contributed by atoms with Crippen LogP contribution in [0.15, 0.2) is 48.7 Å². The number of non-ortho nitro benzene ring substituents is 1. The summed E-state index contributed by atoms with van der Waals surface area (Å²) in [5, 5.41) is 10.6. The van der Waals surface area contributed by atoms with Gasteiger partial charge in [0.2, 0.25) is 12.2 Å². The molecule has 106 valence electrons. The highest BCUT2D eigenvalue weighted by atomic mass is 16.6. The van der Waals surface area contributed by atoms with Crippen molar-refractivity contribution in [2.24, 2.45) is 0 Å². The second kappa shape index (κ2) is 6.56. The van der Waals surface area contributed by atoms with Crippen LogP contribution in [0, 0.1) is 10.1 Å². The smallest absolute Gasteiger partial charge is 0.269 e. The van der Waals surface area contributed by atoms with Crippen molar-refractivity contribution in [1.82, 2.24) is 0 Å². The predicted octanol–water partition coefficient (Wildman–Crippen LogP) is 2.64. The molecule has 0 spiro atoms. The van der Waals surface area contributed by atoms with Gasteiger partial charge in [0.05, 0.1) is 4.92 Å². The van der Waals surface area contributed by atoms with Gasteiger partial charge >= 0.3 is 0 Å². The molecule has 2 aromatic rings. The van der Waals surface area contributed by atoms with Crippen LogP contribution < -0.4 is 4.57 Å². The van der Waals surface area contributed by atoms with Crippen LogP contribution in [0.1, 0.15) is 18.2 Å². The number of ketones is 1. The Morgan fingerprint density at radius 2 is 1.90 bits per heavy atom. The number of rotatable bonds is 5. The molecular formula is C16H15N2O3+. The lowest BCUT2D eigenvalue weighted by molar-refractivity contribution is -0.685. The maximum Gasteiger partial charge on any atom is 0.269 e. The fourth-order valence-corrected chi connectivity index (χ4v) is 1.91. The van der Waals surface area contributed by atoms with Gasteiger partial charge in [0, 0.05) is 37.3 Å². The van der Waals surface area contributed by atoms with Gasteiger partial charge < -0.3 is 0 Å². The molecule has 5 nitrogen and oxygen atoms in total. The number of hydrogen-bond acceptors (Lipinski definition) is 3. The molecule has 0 aliphatic carbocycles. The number of carbonyl (C=O) groups is 1. The van der Waals surface area contributed by atoms with Gasteiger partial charge in [-0.25, -0.2) is 0 Å². The summed E-state index contributed by atoms with van der Waals surface area (Å²) in [5.74, 6) is 0.0798. The van der Waals surface area contributed by atoms with Gasteiger partial charge in [-0.3, -0.25) is 14.9 Å². The summed E-state index contributed by atoms with van der Waals surface area (Å²) in [6, 6.07) is 12.0. The van der Waals surface area contributed by atoms with E-state index in [9.17, 15) is 14.9 Å². The molecule has 2 rings (SSSR count). The Hall–Kier alpha value is -2.82. The first-order valence-electron chi connectivity index (χ1n) is 6.47. The summed E-state index contributed by atoms with van der Waals surface area (Å²) in [7, 11) is 0. The molecule has 0 saturated carbocycles. The average molecular weight is 283 g/mol. The highest BCUT2D eigenvalue weighted by Gasteiger charge is 2.09. The molecule has 1 aromatic carbocycles. The number of pyridine rings is 1. The van der Waals surface area contributed by atoms with Crippen LogP contribution in [0.2, 0.25) is 0 Å². The molecule has 0 fully saturated rings. The maximum absolute atomic E-state index is 11.2. The molecule has 0 saturated heterocycles. The van der Waals surface area contributed by atoms with E-state index in [2.05, 4.69) is 0 Å². The van der Waals surface area contributed by atoms with Crippen LogP contribution in [0.25, 0.3) is 12.2 Å². The zero-order valence-electron chi connectivity index (χ0n) is 11.6. The molecule has 0 N–H and O–H groups in total. The van der Waals surface area contributed by atoms with Gasteiger partial charge in [-0.1, -0.05) is 0 Å². The van der Waals surface area contributed by atoms with Crippen LogP contribution in [-0.2, 0) is 11.3 Å². The van der Waals surface area contributed by atoms with Crippen molar-refractivity contribution in [2.45, 2.75) is 13.5 Å². The van der Waals surface area contributed by atoms with E-state index >= 15 is 0 Å². The molecule has 0 bridgehead atoms. The van der Waals surface area contributed by atoms with E-state index in [-0.39, 0.29) is 11.5 Å². The van der Waals surface area contributed by atoms with Crippen molar-refractivity contribution in [3.05, 3.63) is 70.0 Å². The third-order valence-corrected chi connectivity index (χ3v) is 2.92.